The van der Waals surface area contributed by atoms with Gasteiger partial charge in [-0.3, -0.25) is 0 Å². The minimum atomic E-state index is 0.838. The fourth-order valence-corrected chi connectivity index (χ4v) is 1.09. The lowest BCUT2D eigenvalue weighted by Gasteiger charge is -2.01. The van der Waals surface area contributed by atoms with Gasteiger partial charge in [-0.15, -0.1) is 0 Å². The summed E-state index contributed by atoms with van der Waals surface area (Å²) < 4.78 is 0. The number of allylic oxidation sites excluding steroid dienone is 2. The molecule has 8 heavy (non-hydrogen) atoms. The first-order valence-electron chi connectivity index (χ1n) is 3.47. The Labute approximate surface area is 51.6 Å². The molecule has 0 aromatic rings. The molecule has 0 spiro atoms. The fraction of sp³-hybridized carbons (Fsp3) is 0.750. The molecule has 0 aromatic carbocycles. The van der Waals surface area contributed by atoms with Crippen LogP contribution in [0.4, 0.5) is 0 Å². The molecule has 1 aliphatic carbocycles. The van der Waals surface area contributed by atoms with Crippen molar-refractivity contribution in [3.05, 3.63) is 11.6 Å². The monoisotopic (exact) mass is 110 g/mol. The van der Waals surface area contributed by atoms with Crippen LogP contribution < -0.4 is 0 Å². The van der Waals surface area contributed by atoms with Crippen LogP contribution >= 0.6 is 0 Å². The summed E-state index contributed by atoms with van der Waals surface area (Å²) in [4.78, 5) is 0. The van der Waals surface area contributed by atoms with E-state index in [9.17, 15) is 0 Å². The van der Waals surface area contributed by atoms with E-state index in [0.717, 1.165) is 11.8 Å². The maximum Gasteiger partial charge on any atom is -0.00458 e. The zero-order valence-corrected chi connectivity index (χ0v) is 5.94. The predicted octanol–water partition coefficient (Wildman–Crippen LogP) is 2.61. The van der Waals surface area contributed by atoms with E-state index in [-0.39, 0.29) is 0 Å². The van der Waals surface area contributed by atoms with E-state index in [4.69, 9.17) is 0 Å². The van der Waals surface area contributed by atoms with Gasteiger partial charge in [0.2, 0.25) is 0 Å². The summed E-state index contributed by atoms with van der Waals surface area (Å²) in [5, 5.41) is 0. The second-order valence-electron chi connectivity index (χ2n) is 2.76. The maximum absolute atomic E-state index is 2.36. The van der Waals surface area contributed by atoms with Gasteiger partial charge < -0.3 is 0 Å². The van der Waals surface area contributed by atoms with Crippen molar-refractivity contribution in [3.8, 4) is 0 Å². The number of hydrogen-bond donors (Lipinski definition) is 0. The highest BCUT2D eigenvalue weighted by atomic mass is 14.3. The van der Waals surface area contributed by atoms with E-state index in [0.29, 0.717) is 0 Å². The Morgan fingerprint density at radius 1 is 1.75 bits per heavy atom. The van der Waals surface area contributed by atoms with E-state index < -0.39 is 0 Å². The first-order chi connectivity index (χ1) is 3.75. The molecule has 0 heterocycles. The fourth-order valence-electron chi connectivity index (χ4n) is 1.09. The highest BCUT2D eigenvalue weighted by Gasteiger charge is 2.22. The second kappa shape index (κ2) is 1.93. The second-order valence-corrected chi connectivity index (χ2v) is 2.76. The van der Waals surface area contributed by atoms with Crippen molar-refractivity contribution in [2.75, 3.05) is 0 Å². The summed E-state index contributed by atoms with van der Waals surface area (Å²) in [5.74, 6) is 1.69. The van der Waals surface area contributed by atoms with Crippen LogP contribution in [-0.2, 0) is 0 Å². The van der Waals surface area contributed by atoms with Gasteiger partial charge in [-0.25, -0.2) is 0 Å². The normalized spacial score (nSPS) is 29.4. The van der Waals surface area contributed by atoms with Crippen LogP contribution in [0.5, 0.6) is 0 Å². The third-order valence-electron chi connectivity index (χ3n) is 2.04. The van der Waals surface area contributed by atoms with Gasteiger partial charge in [0.05, 0.1) is 0 Å². The lowest BCUT2D eigenvalue weighted by molar-refractivity contribution is 0.649. The minimum absolute atomic E-state index is 0.838. The maximum atomic E-state index is 2.36. The first-order valence-corrected chi connectivity index (χ1v) is 3.47. The average Bonchev–Trinajstić information content (AvgIpc) is 2.45. The van der Waals surface area contributed by atoms with Crippen molar-refractivity contribution in [1.82, 2.24) is 0 Å². The Hall–Kier alpha value is -0.260. The van der Waals surface area contributed by atoms with E-state index >= 15 is 0 Å². The number of rotatable bonds is 2. The molecule has 1 rings (SSSR count). The van der Waals surface area contributed by atoms with Crippen molar-refractivity contribution in [2.24, 2.45) is 11.8 Å². The molecule has 0 N–H and O–H groups in total. The van der Waals surface area contributed by atoms with E-state index in [1.807, 2.05) is 0 Å². The molecule has 0 bridgehead atoms. The zero-order chi connectivity index (χ0) is 6.15. The largest absolute Gasteiger partial charge is 0.0776 e. The molecule has 0 fully saturated rings. The first kappa shape index (κ1) is 5.87. The van der Waals surface area contributed by atoms with Gasteiger partial charge in [0.15, 0.2) is 0 Å². The van der Waals surface area contributed by atoms with Crippen molar-refractivity contribution in [3.63, 3.8) is 0 Å². The summed E-state index contributed by atoms with van der Waals surface area (Å²) in [7, 11) is 0. The highest BCUT2D eigenvalue weighted by molar-refractivity contribution is 5.29. The Balaban J connectivity index is 2.28. The van der Waals surface area contributed by atoms with Crippen LogP contribution in [0.3, 0.4) is 0 Å². The molecule has 0 heteroatoms. The molecule has 0 radical (unpaired) electrons. The van der Waals surface area contributed by atoms with Crippen LogP contribution in [0.2, 0.25) is 0 Å². The van der Waals surface area contributed by atoms with E-state index in [1.54, 1.807) is 5.57 Å². The summed E-state index contributed by atoms with van der Waals surface area (Å²) in [6.45, 7) is 6.81. The molecule has 2 unspecified atom stereocenters. The van der Waals surface area contributed by atoms with Gasteiger partial charge in [-0.1, -0.05) is 32.4 Å². The van der Waals surface area contributed by atoms with Gasteiger partial charge in [0.25, 0.3) is 0 Å². The zero-order valence-electron chi connectivity index (χ0n) is 5.94. The topological polar surface area (TPSA) is 0 Å². The quantitative estimate of drug-likeness (QED) is 0.479. The van der Waals surface area contributed by atoms with E-state index in [2.05, 4.69) is 26.8 Å². The third-order valence-corrected chi connectivity index (χ3v) is 2.04. The van der Waals surface area contributed by atoms with Crippen LogP contribution in [-0.4, -0.2) is 0 Å². The molecular formula is C8H14. The summed E-state index contributed by atoms with van der Waals surface area (Å²) in [6, 6.07) is 0. The summed E-state index contributed by atoms with van der Waals surface area (Å²) >= 11 is 0. The van der Waals surface area contributed by atoms with Gasteiger partial charge >= 0.3 is 0 Å². The summed E-state index contributed by atoms with van der Waals surface area (Å²) in [6.07, 6.45) is 3.66. The molecular weight excluding hydrogens is 96.1 g/mol. The SMILES string of the molecule is CCC(C)C1=CC1C. The van der Waals surface area contributed by atoms with Gasteiger partial charge in [0.1, 0.15) is 0 Å². The molecule has 2 atom stereocenters. The van der Waals surface area contributed by atoms with Crippen LogP contribution in [0.25, 0.3) is 0 Å². The lowest BCUT2D eigenvalue weighted by atomic mass is 10.0. The molecule has 0 saturated heterocycles. The van der Waals surface area contributed by atoms with Crippen molar-refractivity contribution in [2.45, 2.75) is 27.2 Å². The molecule has 0 aliphatic heterocycles. The molecule has 1 aliphatic rings. The minimum Gasteiger partial charge on any atom is -0.0776 e. The Bertz CT molecular complexity index is 111. The standard InChI is InChI=1S/C8H14/c1-4-6(2)8-5-7(8)3/h5-7H,4H2,1-3H3. The molecule has 46 valence electrons. The Morgan fingerprint density at radius 2 is 2.25 bits per heavy atom. The van der Waals surface area contributed by atoms with Gasteiger partial charge in [-0.05, 0) is 18.3 Å². The Kier molecular flexibility index (Phi) is 1.41. The van der Waals surface area contributed by atoms with Crippen LogP contribution in [0.1, 0.15) is 27.2 Å². The van der Waals surface area contributed by atoms with Crippen molar-refractivity contribution < 1.29 is 0 Å². The smallest absolute Gasteiger partial charge is 0.00458 e. The van der Waals surface area contributed by atoms with Gasteiger partial charge in [-0.2, -0.15) is 0 Å². The average molecular weight is 110 g/mol. The summed E-state index contributed by atoms with van der Waals surface area (Å²) in [5.41, 5.74) is 1.67. The highest BCUT2D eigenvalue weighted by Crippen LogP contribution is 2.35. The Morgan fingerprint density at radius 3 is 2.38 bits per heavy atom. The van der Waals surface area contributed by atoms with Crippen LogP contribution in [0, 0.1) is 11.8 Å². The lowest BCUT2D eigenvalue weighted by Crippen LogP contribution is -1.89. The molecule has 0 saturated carbocycles. The van der Waals surface area contributed by atoms with Crippen molar-refractivity contribution >= 4 is 0 Å². The third kappa shape index (κ3) is 0.936. The molecule has 0 amide bonds. The predicted molar refractivity (Wildman–Crippen MR) is 36.7 cm³/mol. The molecule has 0 aromatic heterocycles. The van der Waals surface area contributed by atoms with E-state index in [1.165, 1.54) is 6.42 Å². The van der Waals surface area contributed by atoms with Crippen LogP contribution in [0.15, 0.2) is 11.6 Å². The molecule has 0 nitrogen and oxygen atoms in total. The van der Waals surface area contributed by atoms with Gasteiger partial charge in [0, 0.05) is 0 Å². The number of hydrogen-bond acceptors (Lipinski definition) is 0. The van der Waals surface area contributed by atoms with Crippen molar-refractivity contribution in [1.29, 1.82) is 0 Å².